The van der Waals surface area contributed by atoms with Crippen LogP contribution in [-0.2, 0) is 12.8 Å². The van der Waals surface area contributed by atoms with Crippen molar-refractivity contribution in [1.29, 1.82) is 0 Å². The largest absolute Gasteiger partial charge is 0.395 e. The van der Waals surface area contributed by atoms with E-state index in [1.165, 1.54) is 28.6 Å². The van der Waals surface area contributed by atoms with Crippen LogP contribution < -0.4 is 5.32 Å². The first-order valence-electron chi connectivity index (χ1n) is 8.14. The van der Waals surface area contributed by atoms with Crippen LogP contribution in [0.3, 0.4) is 0 Å². The summed E-state index contributed by atoms with van der Waals surface area (Å²) in [4.78, 5) is 14.9. The van der Waals surface area contributed by atoms with Gasteiger partial charge in [-0.25, -0.2) is 15.0 Å². The van der Waals surface area contributed by atoms with Crippen molar-refractivity contribution in [2.45, 2.75) is 39.0 Å². The van der Waals surface area contributed by atoms with Crippen molar-refractivity contribution >= 4 is 37.6 Å². The second-order valence-electron chi connectivity index (χ2n) is 6.30. The van der Waals surface area contributed by atoms with E-state index in [1.54, 1.807) is 17.7 Å². The van der Waals surface area contributed by atoms with Crippen molar-refractivity contribution in [2.75, 3.05) is 18.5 Å². The zero-order valence-corrected chi connectivity index (χ0v) is 14.2. The fourth-order valence-corrected chi connectivity index (χ4v) is 4.64. The van der Waals surface area contributed by atoms with Gasteiger partial charge in [-0.05, 0) is 36.3 Å². The van der Waals surface area contributed by atoms with E-state index in [9.17, 15) is 0 Å². The third-order valence-corrected chi connectivity index (χ3v) is 5.53. The molecule has 3 aromatic rings. The molecule has 3 aromatic heterocycles. The van der Waals surface area contributed by atoms with Gasteiger partial charge in [-0.15, -0.1) is 11.3 Å². The van der Waals surface area contributed by atoms with E-state index in [4.69, 9.17) is 10.1 Å². The molecule has 0 fully saturated rings. The normalized spacial score (nSPS) is 14.1. The molecule has 0 saturated carbocycles. The highest BCUT2D eigenvalue weighted by atomic mass is 32.1. The van der Waals surface area contributed by atoms with Crippen LogP contribution in [0, 0.1) is 0 Å². The van der Waals surface area contributed by atoms with Crippen molar-refractivity contribution < 1.29 is 5.11 Å². The number of pyridine rings is 1. The second-order valence-corrected chi connectivity index (χ2v) is 7.29. The molecule has 0 radical (unpaired) electrons. The molecule has 2 N–H and O–H groups in total. The molecule has 0 unspecified atom stereocenters. The third-order valence-electron chi connectivity index (χ3n) is 4.46. The number of hydrogen-bond acceptors (Lipinski definition) is 6. The van der Waals surface area contributed by atoms with Crippen molar-refractivity contribution in [3.05, 3.63) is 23.1 Å². The summed E-state index contributed by atoms with van der Waals surface area (Å²) in [5.74, 6) is 1.24. The molecule has 1 aliphatic rings. The van der Waals surface area contributed by atoms with Crippen LogP contribution in [0.1, 0.15) is 43.0 Å². The van der Waals surface area contributed by atoms with Crippen molar-refractivity contribution in [2.24, 2.45) is 0 Å². The Labute approximate surface area is 138 Å². The monoisotopic (exact) mass is 328 g/mol. The molecule has 0 spiro atoms. The van der Waals surface area contributed by atoms with Gasteiger partial charge in [0.25, 0.3) is 0 Å². The summed E-state index contributed by atoms with van der Waals surface area (Å²) < 4.78 is 1.04. The first kappa shape index (κ1) is 14.8. The zero-order valence-electron chi connectivity index (χ0n) is 13.4. The van der Waals surface area contributed by atoms with E-state index in [0.29, 0.717) is 12.5 Å². The summed E-state index contributed by atoms with van der Waals surface area (Å²) in [5, 5.41) is 13.5. The van der Waals surface area contributed by atoms with Gasteiger partial charge < -0.3 is 10.4 Å². The van der Waals surface area contributed by atoms with Gasteiger partial charge in [-0.1, -0.05) is 13.8 Å². The smallest absolute Gasteiger partial charge is 0.147 e. The van der Waals surface area contributed by atoms with Gasteiger partial charge in [0, 0.05) is 17.6 Å². The number of aromatic nitrogens is 3. The molecule has 0 aliphatic heterocycles. The number of rotatable bonds is 4. The van der Waals surface area contributed by atoms with Gasteiger partial charge >= 0.3 is 0 Å². The number of hydrogen-bond donors (Lipinski definition) is 2. The topological polar surface area (TPSA) is 70.9 Å². The van der Waals surface area contributed by atoms with Crippen LogP contribution in [0.4, 0.5) is 5.82 Å². The summed E-state index contributed by atoms with van der Waals surface area (Å²) in [6.07, 6.45) is 5.05. The molecule has 0 bridgehead atoms. The number of nitrogens with zero attached hydrogens (tertiary/aromatic N) is 3. The molecule has 0 amide bonds. The Bertz CT molecular complexity index is 887. The standard InChI is InChI=1S/C17H20N4OS/c1-9(2)13-11-5-3-4-10(11)12-14-15(23-17(12)21-13)16(18-6-7-22)20-8-19-14/h8-9,22H,3-7H2,1-2H3,(H,18,19,20). The number of aliphatic hydroxyl groups excluding tert-OH is 1. The van der Waals surface area contributed by atoms with Crippen LogP contribution in [-0.4, -0.2) is 33.2 Å². The Morgan fingerprint density at radius 2 is 2.09 bits per heavy atom. The lowest BCUT2D eigenvalue weighted by Crippen LogP contribution is -2.07. The number of fused-ring (bicyclic) bond motifs is 5. The fourth-order valence-electron chi connectivity index (χ4n) is 3.51. The molecule has 0 aromatic carbocycles. The van der Waals surface area contributed by atoms with E-state index in [0.717, 1.165) is 33.7 Å². The minimum absolute atomic E-state index is 0.0849. The van der Waals surface area contributed by atoms with Gasteiger partial charge in [0.05, 0.1) is 16.8 Å². The van der Waals surface area contributed by atoms with E-state index < -0.39 is 0 Å². The molecule has 0 atom stereocenters. The molecule has 1 aliphatic carbocycles. The highest BCUT2D eigenvalue weighted by molar-refractivity contribution is 7.26. The maximum absolute atomic E-state index is 9.05. The van der Waals surface area contributed by atoms with Gasteiger partial charge in [0.1, 0.15) is 17.0 Å². The summed E-state index contributed by atoms with van der Waals surface area (Å²) in [6, 6.07) is 0. The van der Waals surface area contributed by atoms with Gasteiger partial charge in [0.2, 0.25) is 0 Å². The predicted octanol–water partition coefficient (Wildman–Crippen LogP) is 3.26. The molecule has 5 nitrogen and oxygen atoms in total. The number of nitrogens with one attached hydrogen (secondary N) is 1. The Morgan fingerprint density at radius 3 is 2.87 bits per heavy atom. The fraction of sp³-hybridized carbons (Fsp3) is 0.471. The van der Waals surface area contributed by atoms with Crippen LogP contribution in [0.2, 0.25) is 0 Å². The lowest BCUT2D eigenvalue weighted by molar-refractivity contribution is 0.311. The maximum atomic E-state index is 9.05. The summed E-state index contributed by atoms with van der Waals surface area (Å²) in [6.45, 7) is 5.01. The Kier molecular flexibility index (Phi) is 3.66. The minimum Gasteiger partial charge on any atom is -0.395 e. The number of aryl methyl sites for hydroxylation is 1. The Hall–Kier alpha value is -1.79. The van der Waals surface area contributed by atoms with Gasteiger partial charge in [-0.2, -0.15) is 0 Å². The van der Waals surface area contributed by atoms with E-state index in [2.05, 4.69) is 29.1 Å². The number of anilines is 1. The lowest BCUT2D eigenvalue weighted by Gasteiger charge is -2.11. The third kappa shape index (κ3) is 2.28. The highest BCUT2D eigenvalue weighted by Gasteiger charge is 2.25. The Morgan fingerprint density at radius 1 is 1.26 bits per heavy atom. The summed E-state index contributed by atoms with van der Waals surface area (Å²) in [7, 11) is 0. The quantitative estimate of drug-likeness (QED) is 0.769. The van der Waals surface area contributed by atoms with Crippen LogP contribution >= 0.6 is 11.3 Å². The van der Waals surface area contributed by atoms with E-state index in [1.807, 2.05) is 0 Å². The number of aliphatic hydroxyl groups is 1. The van der Waals surface area contributed by atoms with E-state index in [-0.39, 0.29) is 6.61 Å². The average molecular weight is 328 g/mol. The average Bonchev–Trinajstić information content (AvgIpc) is 3.15. The molecule has 6 heteroatoms. The molecule has 4 rings (SSSR count). The zero-order chi connectivity index (χ0) is 16.0. The maximum Gasteiger partial charge on any atom is 0.147 e. The lowest BCUT2D eigenvalue weighted by atomic mass is 9.99. The first-order valence-corrected chi connectivity index (χ1v) is 8.96. The van der Waals surface area contributed by atoms with Crippen molar-refractivity contribution in [1.82, 2.24) is 15.0 Å². The summed E-state index contributed by atoms with van der Waals surface area (Å²) >= 11 is 1.66. The van der Waals surface area contributed by atoms with Gasteiger partial charge in [0.15, 0.2) is 0 Å². The van der Waals surface area contributed by atoms with Gasteiger partial charge in [-0.3, -0.25) is 0 Å². The second kappa shape index (κ2) is 5.69. The molecular formula is C17H20N4OS. The molecular weight excluding hydrogens is 308 g/mol. The SMILES string of the molecule is CC(C)c1nc2sc3c(NCCO)ncnc3c2c2c1CCC2. The van der Waals surface area contributed by atoms with Crippen molar-refractivity contribution in [3.8, 4) is 0 Å². The summed E-state index contributed by atoms with van der Waals surface area (Å²) in [5.41, 5.74) is 5.13. The van der Waals surface area contributed by atoms with Crippen LogP contribution in [0.25, 0.3) is 20.4 Å². The first-order chi connectivity index (χ1) is 11.2. The highest BCUT2D eigenvalue weighted by Crippen LogP contribution is 2.42. The molecule has 120 valence electrons. The molecule has 0 saturated heterocycles. The van der Waals surface area contributed by atoms with E-state index >= 15 is 0 Å². The van der Waals surface area contributed by atoms with Crippen LogP contribution in [0.5, 0.6) is 0 Å². The molecule has 3 heterocycles. The predicted molar refractivity (Wildman–Crippen MR) is 94.4 cm³/mol. The Balaban J connectivity index is 2.02. The van der Waals surface area contributed by atoms with Crippen LogP contribution in [0.15, 0.2) is 6.33 Å². The number of thiophene rings is 1. The molecule has 23 heavy (non-hydrogen) atoms. The van der Waals surface area contributed by atoms with Crippen molar-refractivity contribution in [3.63, 3.8) is 0 Å². The minimum atomic E-state index is 0.0849.